The number of nitrogens with zero attached hydrogens (tertiary/aromatic N) is 3. The molecule has 27 heavy (non-hydrogen) atoms. The highest BCUT2D eigenvalue weighted by molar-refractivity contribution is 6.33. The van der Waals surface area contributed by atoms with Crippen molar-refractivity contribution in [2.24, 2.45) is 0 Å². The Balaban J connectivity index is 1.63. The number of rotatable bonds is 6. The van der Waals surface area contributed by atoms with Crippen LogP contribution in [-0.2, 0) is 11.3 Å². The lowest BCUT2D eigenvalue weighted by Crippen LogP contribution is -2.37. The fraction of sp³-hybridized carbons (Fsp3) is 0.211. The third-order valence-corrected chi connectivity index (χ3v) is 4.39. The first-order valence-corrected chi connectivity index (χ1v) is 8.94. The molecule has 140 valence electrons. The van der Waals surface area contributed by atoms with Gasteiger partial charge in [-0.25, -0.2) is 0 Å². The van der Waals surface area contributed by atoms with Crippen LogP contribution in [0, 0.1) is 0 Å². The van der Waals surface area contributed by atoms with Crippen LogP contribution in [0.3, 0.4) is 0 Å². The molecule has 0 aliphatic carbocycles. The molecule has 3 aromatic rings. The van der Waals surface area contributed by atoms with Crippen molar-refractivity contribution in [3.05, 3.63) is 64.5 Å². The number of halogens is 2. The van der Waals surface area contributed by atoms with Crippen LogP contribution in [0.15, 0.2) is 53.1 Å². The molecule has 2 aromatic carbocycles. The van der Waals surface area contributed by atoms with E-state index in [-0.39, 0.29) is 12.5 Å². The number of carbonyl (C=O) groups excluding carboxylic acids is 1. The van der Waals surface area contributed by atoms with Crippen LogP contribution < -0.4 is 4.74 Å². The first kappa shape index (κ1) is 19.2. The van der Waals surface area contributed by atoms with Gasteiger partial charge in [0.2, 0.25) is 11.7 Å². The molecular weight excluding hydrogens is 389 g/mol. The first-order chi connectivity index (χ1) is 12.9. The number of ether oxygens (including phenoxy) is 1. The number of benzene rings is 2. The van der Waals surface area contributed by atoms with Crippen molar-refractivity contribution >= 4 is 29.1 Å². The molecule has 0 saturated heterocycles. The van der Waals surface area contributed by atoms with Crippen LogP contribution in [0.25, 0.3) is 11.4 Å². The Hall–Kier alpha value is -2.57. The van der Waals surface area contributed by atoms with E-state index in [2.05, 4.69) is 10.1 Å². The van der Waals surface area contributed by atoms with Crippen LogP contribution >= 0.6 is 23.2 Å². The molecule has 1 unspecified atom stereocenters. The molecule has 1 aromatic heterocycles. The summed E-state index contributed by atoms with van der Waals surface area (Å²) in [5, 5.41) is 5.06. The molecule has 3 rings (SSSR count). The number of hydrogen-bond acceptors (Lipinski definition) is 5. The smallest absolute Gasteiger partial charge is 0.263 e. The monoisotopic (exact) mass is 405 g/mol. The van der Waals surface area contributed by atoms with Gasteiger partial charge in [-0.15, -0.1) is 0 Å². The van der Waals surface area contributed by atoms with E-state index in [9.17, 15) is 4.79 Å². The van der Waals surface area contributed by atoms with E-state index >= 15 is 0 Å². The van der Waals surface area contributed by atoms with Crippen molar-refractivity contribution in [3.8, 4) is 17.1 Å². The van der Waals surface area contributed by atoms with Crippen molar-refractivity contribution in [1.29, 1.82) is 0 Å². The Morgan fingerprint density at radius 2 is 1.89 bits per heavy atom. The molecule has 1 atom stereocenters. The second kappa shape index (κ2) is 8.41. The minimum absolute atomic E-state index is 0.157. The lowest BCUT2D eigenvalue weighted by molar-refractivity contribution is -0.137. The van der Waals surface area contributed by atoms with Crippen LogP contribution in [0.1, 0.15) is 12.8 Å². The standard InChI is InChI=1S/C19H17Cl2N3O3/c1-12(26-14-9-7-13(20)8-10-14)19(25)24(2)11-17-22-18(23-27-17)15-5-3-4-6-16(15)21/h3-10,12H,11H2,1-2H3. The van der Waals surface area contributed by atoms with E-state index in [1.807, 2.05) is 12.1 Å². The van der Waals surface area contributed by atoms with E-state index in [4.69, 9.17) is 32.5 Å². The molecule has 0 spiro atoms. The molecule has 0 saturated carbocycles. The van der Waals surface area contributed by atoms with Crippen molar-refractivity contribution in [2.45, 2.75) is 19.6 Å². The topological polar surface area (TPSA) is 68.5 Å². The maximum Gasteiger partial charge on any atom is 0.263 e. The van der Waals surface area contributed by atoms with Gasteiger partial charge in [-0.3, -0.25) is 4.79 Å². The largest absolute Gasteiger partial charge is 0.481 e. The molecule has 0 fully saturated rings. The molecule has 0 bridgehead atoms. The maximum absolute atomic E-state index is 12.5. The van der Waals surface area contributed by atoms with E-state index in [1.54, 1.807) is 50.4 Å². The van der Waals surface area contributed by atoms with Gasteiger partial charge in [0, 0.05) is 17.6 Å². The third kappa shape index (κ3) is 4.78. The molecule has 1 heterocycles. The molecule has 8 heteroatoms. The summed E-state index contributed by atoms with van der Waals surface area (Å²) < 4.78 is 10.9. The summed E-state index contributed by atoms with van der Waals surface area (Å²) in [6.07, 6.45) is -0.679. The van der Waals surface area contributed by atoms with E-state index in [0.717, 1.165) is 0 Å². The van der Waals surface area contributed by atoms with E-state index < -0.39 is 6.10 Å². The van der Waals surface area contributed by atoms with Gasteiger partial charge in [-0.2, -0.15) is 4.98 Å². The van der Waals surface area contributed by atoms with Crippen molar-refractivity contribution in [3.63, 3.8) is 0 Å². The Bertz CT molecular complexity index is 928. The quantitative estimate of drug-likeness (QED) is 0.604. The van der Waals surface area contributed by atoms with Crippen LogP contribution in [-0.4, -0.2) is 34.1 Å². The molecular formula is C19H17Cl2N3O3. The normalized spacial score (nSPS) is 11.9. The number of aromatic nitrogens is 2. The summed E-state index contributed by atoms with van der Waals surface area (Å²) >= 11 is 12.0. The summed E-state index contributed by atoms with van der Waals surface area (Å²) in [4.78, 5) is 18.3. The Labute approximate surface area is 166 Å². The molecule has 0 N–H and O–H groups in total. The van der Waals surface area contributed by atoms with Crippen LogP contribution in [0.2, 0.25) is 10.0 Å². The van der Waals surface area contributed by atoms with Gasteiger partial charge in [-0.05, 0) is 43.3 Å². The summed E-state index contributed by atoms with van der Waals surface area (Å²) in [6, 6.07) is 14.0. The molecule has 0 aliphatic heterocycles. The Morgan fingerprint density at radius 1 is 1.19 bits per heavy atom. The third-order valence-electron chi connectivity index (χ3n) is 3.81. The lowest BCUT2D eigenvalue weighted by Gasteiger charge is -2.20. The molecule has 1 amide bonds. The fourth-order valence-electron chi connectivity index (χ4n) is 2.43. The minimum atomic E-state index is -0.679. The average Bonchev–Trinajstić information content (AvgIpc) is 3.11. The second-order valence-corrected chi connectivity index (χ2v) is 6.74. The summed E-state index contributed by atoms with van der Waals surface area (Å²) in [6.45, 7) is 1.83. The van der Waals surface area contributed by atoms with Gasteiger partial charge in [0.05, 0.1) is 11.6 Å². The van der Waals surface area contributed by atoms with E-state index in [0.29, 0.717) is 33.1 Å². The molecule has 0 radical (unpaired) electrons. The number of amides is 1. The van der Waals surface area contributed by atoms with Crippen molar-refractivity contribution in [2.75, 3.05) is 7.05 Å². The van der Waals surface area contributed by atoms with Crippen molar-refractivity contribution in [1.82, 2.24) is 15.0 Å². The van der Waals surface area contributed by atoms with Gasteiger partial charge in [-0.1, -0.05) is 40.5 Å². The Kier molecular flexibility index (Phi) is 5.98. The number of likely N-dealkylation sites (N-methyl/N-ethyl adjacent to an activating group) is 1. The van der Waals surface area contributed by atoms with Crippen LogP contribution in [0.4, 0.5) is 0 Å². The number of carbonyl (C=O) groups is 1. The molecule has 6 nitrogen and oxygen atoms in total. The zero-order valence-electron chi connectivity index (χ0n) is 14.7. The summed E-state index contributed by atoms with van der Waals surface area (Å²) in [7, 11) is 1.64. The maximum atomic E-state index is 12.5. The first-order valence-electron chi connectivity index (χ1n) is 8.18. The summed E-state index contributed by atoms with van der Waals surface area (Å²) in [5.74, 6) is 1.02. The average molecular weight is 406 g/mol. The predicted molar refractivity (Wildman–Crippen MR) is 103 cm³/mol. The van der Waals surface area contributed by atoms with Gasteiger partial charge in [0.25, 0.3) is 5.91 Å². The highest BCUT2D eigenvalue weighted by atomic mass is 35.5. The summed E-state index contributed by atoms with van der Waals surface area (Å²) in [5.41, 5.74) is 0.669. The fourth-order valence-corrected chi connectivity index (χ4v) is 2.78. The SMILES string of the molecule is CC(Oc1ccc(Cl)cc1)C(=O)N(C)Cc1nc(-c2ccccc2Cl)no1. The lowest BCUT2D eigenvalue weighted by atomic mass is 10.2. The highest BCUT2D eigenvalue weighted by Gasteiger charge is 2.22. The minimum Gasteiger partial charge on any atom is -0.481 e. The Morgan fingerprint density at radius 3 is 2.59 bits per heavy atom. The zero-order valence-corrected chi connectivity index (χ0v) is 16.2. The van der Waals surface area contributed by atoms with Crippen LogP contribution in [0.5, 0.6) is 5.75 Å². The van der Waals surface area contributed by atoms with Gasteiger partial charge in [0.15, 0.2) is 6.10 Å². The van der Waals surface area contributed by atoms with Gasteiger partial charge >= 0.3 is 0 Å². The highest BCUT2D eigenvalue weighted by Crippen LogP contribution is 2.25. The zero-order chi connectivity index (χ0) is 19.4. The van der Waals surface area contributed by atoms with Crippen molar-refractivity contribution < 1.29 is 14.1 Å². The second-order valence-electron chi connectivity index (χ2n) is 5.90. The molecule has 0 aliphatic rings. The van der Waals surface area contributed by atoms with Gasteiger partial charge < -0.3 is 14.2 Å². The number of hydrogen-bond donors (Lipinski definition) is 0. The predicted octanol–water partition coefficient (Wildman–Crippen LogP) is 4.47. The van der Waals surface area contributed by atoms with E-state index in [1.165, 1.54) is 4.90 Å². The van der Waals surface area contributed by atoms with Gasteiger partial charge in [0.1, 0.15) is 5.75 Å².